The van der Waals surface area contributed by atoms with Gasteiger partial charge in [-0.1, -0.05) is 48.0 Å². The standard InChI is InChI=1S/C21H18N4O2/c1-13-8-10-16(11-9-13)21-23-25(15(3)27)20-17-6-4-5-7-18(17)22-12-19(20)24(21)14(2)26/h4-12H,1-3H3. The van der Waals surface area contributed by atoms with Gasteiger partial charge in [0.05, 0.1) is 17.4 Å². The first kappa shape index (κ1) is 16.9. The van der Waals surface area contributed by atoms with Crippen molar-refractivity contribution in [3.05, 3.63) is 65.9 Å². The fourth-order valence-electron chi connectivity index (χ4n) is 3.24. The Morgan fingerprint density at radius 2 is 1.63 bits per heavy atom. The minimum atomic E-state index is -0.236. The molecule has 1 aromatic heterocycles. The van der Waals surface area contributed by atoms with Gasteiger partial charge < -0.3 is 0 Å². The minimum Gasteiger partial charge on any atom is -0.274 e. The van der Waals surface area contributed by atoms with Crippen molar-refractivity contribution in [3.8, 4) is 0 Å². The lowest BCUT2D eigenvalue weighted by Crippen LogP contribution is -2.43. The lowest BCUT2D eigenvalue weighted by molar-refractivity contribution is -0.117. The molecule has 27 heavy (non-hydrogen) atoms. The summed E-state index contributed by atoms with van der Waals surface area (Å²) in [6.45, 7) is 4.92. The van der Waals surface area contributed by atoms with Crippen LogP contribution in [0.4, 0.5) is 11.4 Å². The van der Waals surface area contributed by atoms with E-state index in [1.807, 2.05) is 55.5 Å². The number of amides is 2. The van der Waals surface area contributed by atoms with Crippen molar-refractivity contribution in [2.24, 2.45) is 5.10 Å². The maximum absolute atomic E-state index is 12.5. The van der Waals surface area contributed by atoms with E-state index in [1.54, 1.807) is 6.20 Å². The number of fused-ring (bicyclic) bond motifs is 3. The summed E-state index contributed by atoms with van der Waals surface area (Å²) in [5, 5.41) is 6.68. The van der Waals surface area contributed by atoms with E-state index in [0.29, 0.717) is 17.2 Å². The van der Waals surface area contributed by atoms with Gasteiger partial charge in [-0.3, -0.25) is 19.5 Å². The number of rotatable bonds is 1. The highest BCUT2D eigenvalue weighted by Crippen LogP contribution is 2.40. The molecule has 2 heterocycles. The van der Waals surface area contributed by atoms with Crippen LogP contribution < -0.4 is 9.91 Å². The number of amidine groups is 1. The van der Waals surface area contributed by atoms with Gasteiger partial charge in [0.2, 0.25) is 11.8 Å². The van der Waals surface area contributed by atoms with Crippen LogP contribution in [0.15, 0.2) is 59.8 Å². The molecule has 6 nitrogen and oxygen atoms in total. The normalized spacial score (nSPS) is 13.4. The van der Waals surface area contributed by atoms with E-state index in [1.165, 1.54) is 23.8 Å². The van der Waals surface area contributed by atoms with Crippen LogP contribution in [0.3, 0.4) is 0 Å². The van der Waals surface area contributed by atoms with Crippen LogP contribution in [0.5, 0.6) is 0 Å². The fraction of sp³-hybridized carbons (Fsp3) is 0.143. The Hall–Kier alpha value is -3.54. The average molecular weight is 358 g/mol. The zero-order valence-electron chi connectivity index (χ0n) is 15.3. The molecule has 0 saturated heterocycles. The van der Waals surface area contributed by atoms with Gasteiger partial charge in [0.15, 0.2) is 5.84 Å². The number of hydrogen-bond donors (Lipinski definition) is 0. The second kappa shape index (κ2) is 6.32. The van der Waals surface area contributed by atoms with Gasteiger partial charge in [-0.2, -0.15) is 5.01 Å². The number of pyridine rings is 1. The number of carbonyl (C=O) groups is 2. The molecule has 2 amide bonds. The SMILES string of the molecule is CC(=O)N1N=C(c2ccc(C)cc2)N(C(C)=O)c2cnc3ccccc3c21. The van der Waals surface area contributed by atoms with Gasteiger partial charge in [-0.05, 0) is 13.0 Å². The number of anilines is 2. The van der Waals surface area contributed by atoms with Gasteiger partial charge in [-0.15, -0.1) is 5.10 Å². The fourth-order valence-corrected chi connectivity index (χ4v) is 3.24. The zero-order chi connectivity index (χ0) is 19.1. The van der Waals surface area contributed by atoms with Crippen LogP contribution in [0.2, 0.25) is 0 Å². The summed E-state index contributed by atoms with van der Waals surface area (Å²) in [6, 6.07) is 15.2. The third kappa shape index (κ3) is 2.75. The highest BCUT2D eigenvalue weighted by Gasteiger charge is 2.33. The van der Waals surface area contributed by atoms with Crippen molar-refractivity contribution in [2.45, 2.75) is 20.8 Å². The van der Waals surface area contributed by atoms with Crippen LogP contribution in [0, 0.1) is 6.92 Å². The Bertz CT molecular complexity index is 1100. The monoisotopic (exact) mass is 358 g/mol. The van der Waals surface area contributed by atoms with Crippen molar-refractivity contribution in [1.29, 1.82) is 0 Å². The van der Waals surface area contributed by atoms with Crippen molar-refractivity contribution in [3.63, 3.8) is 0 Å². The summed E-state index contributed by atoms with van der Waals surface area (Å²) >= 11 is 0. The lowest BCUT2D eigenvalue weighted by atomic mass is 10.1. The first-order valence-electron chi connectivity index (χ1n) is 8.62. The molecule has 4 rings (SSSR count). The van der Waals surface area contributed by atoms with E-state index in [9.17, 15) is 9.59 Å². The molecule has 0 radical (unpaired) electrons. The number of hydrazone groups is 1. The third-order valence-electron chi connectivity index (χ3n) is 4.51. The first-order chi connectivity index (χ1) is 13.0. The summed E-state index contributed by atoms with van der Waals surface area (Å²) in [5.41, 5.74) is 3.70. The second-order valence-corrected chi connectivity index (χ2v) is 6.48. The molecule has 2 aromatic carbocycles. The molecule has 134 valence electrons. The molecular formula is C21H18N4O2. The maximum Gasteiger partial charge on any atom is 0.244 e. The predicted molar refractivity (Wildman–Crippen MR) is 106 cm³/mol. The lowest BCUT2D eigenvalue weighted by Gasteiger charge is -2.33. The molecule has 0 spiro atoms. The number of para-hydroxylation sites is 1. The number of nitrogens with zero attached hydrogens (tertiary/aromatic N) is 4. The first-order valence-corrected chi connectivity index (χ1v) is 8.62. The van der Waals surface area contributed by atoms with Gasteiger partial charge >= 0.3 is 0 Å². The quantitative estimate of drug-likeness (QED) is 0.667. The molecule has 0 bridgehead atoms. The Kier molecular flexibility index (Phi) is 3.96. The van der Waals surface area contributed by atoms with E-state index >= 15 is 0 Å². The Labute approximate surface area is 156 Å². The van der Waals surface area contributed by atoms with E-state index in [4.69, 9.17) is 0 Å². The van der Waals surface area contributed by atoms with Crippen LogP contribution in [-0.2, 0) is 9.59 Å². The average Bonchev–Trinajstić information content (AvgIpc) is 2.66. The van der Waals surface area contributed by atoms with E-state index in [-0.39, 0.29) is 11.8 Å². The van der Waals surface area contributed by atoms with Gasteiger partial charge in [-0.25, -0.2) is 0 Å². The smallest absolute Gasteiger partial charge is 0.244 e. The third-order valence-corrected chi connectivity index (χ3v) is 4.51. The van der Waals surface area contributed by atoms with Crippen molar-refractivity contribution in [2.75, 3.05) is 9.91 Å². The van der Waals surface area contributed by atoms with Crippen LogP contribution in [0.1, 0.15) is 25.0 Å². The van der Waals surface area contributed by atoms with Crippen LogP contribution in [-0.4, -0.2) is 22.6 Å². The molecule has 0 fully saturated rings. The number of aryl methyl sites for hydroxylation is 1. The Balaban J connectivity index is 2.02. The van der Waals surface area contributed by atoms with Gasteiger partial charge in [0, 0.05) is 24.8 Å². The summed E-state index contributed by atoms with van der Waals surface area (Å²) in [4.78, 5) is 30.9. The molecule has 0 unspecified atom stereocenters. The molecule has 3 aromatic rings. The number of hydrogen-bond acceptors (Lipinski definition) is 4. The molecule has 6 heteroatoms. The molecule has 0 aliphatic carbocycles. The second-order valence-electron chi connectivity index (χ2n) is 6.48. The van der Waals surface area contributed by atoms with E-state index < -0.39 is 0 Å². The summed E-state index contributed by atoms with van der Waals surface area (Å²) in [6.07, 6.45) is 1.62. The zero-order valence-corrected chi connectivity index (χ0v) is 15.3. The predicted octanol–water partition coefficient (Wildman–Crippen LogP) is 3.62. The summed E-state index contributed by atoms with van der Waals surface area (Å²) < 4.78 is 0. The number of aromatic nitrogens is 1. The Morgan fingerprint density at radius 1 is 0.926 bits per heavy atom. The highest BCUT2D eigenvalue weighted by molar-refractivity contribution is 6.28. The van der Waals surface area contributed by atoms with Gasteiger partial charge in [0.1, 0.15) is 5.69 Å². The summed E-state index contributed by atoms with van der Waals surface area (Å²) in [5.74, 6) is -0.0291. The summed E-state index contributed by atoms with van der Waals surface area (Å²) in [7, 11) is 0. The minimum absolute atomic E-state index is 0.198. The van der Waals surface area contributed by atoms with Crippen molar-refractivity contribution >= 4 is 39.9 Å². The highest BCUT2D eigenvalue weighted by atomic mass is 16.2. The van der Waals surface area contributed by atoms with Crippen LogP contribution >= 0.6 is 0 Å². The number of carbonyl (C=O) groups excluding carboxylic acids is 2. The molecular weight excluding hydrogens is 340 g/mol. The topological polar surface area (TPSA) is 65.9 Å². The largest absolute Gasteiger partial charge is 0.274 e. The Morgan fingerprint density at radius 3 is 2.30 bits per heavy atom. The molecule has 0 N–H and O–H groups in total. The van der Waals surface area contributed by atoms with Crippen LogP contribution in [0.25, 0.3) is 10.9 Å². The maximum atomic E-state index is 12.5. The van der Waals surface area contributed by atoms with Crippen molar-refractivity contribution in [1.82, 2.24) is 4.98 Å². The number of benzene rings is 2. The van der Waals surface area contributed by atoms with E-state index in [0.717, 1.165) is 22.0 Å². The molecule has 0 saturated carbocycles. The van der Waals surface area contributed by atoms with Crippen molar-refractivity contribution < 1.29 is 9.59 Å². The van der Waals surface area contributed by atoms with E-state index in [2.05, 4.69) is 10.1 Å². The molecule has 1 aliphatic rings. The molecule has 1 aliphatic heterocycles. The molecule has 0 atom stereocenters. The van der Waals surface area contributed by atoms with Gasteiger partial charge in [0.25, 0.3) is 0 Å².